The molecule has 0 amide bonds. The molecule has 7 heteroatoms. The fourth-order valence-corrected chi connectivity index (χ4v) is 1.48. The number of rotatable bonds is 8. The van der Waals surface area contributed by atoms with Crippen LogP contribution in [0.4, 0.5) is 0 Å². The number of aryl methyl sites for hydroxylation is 1. The van der Waals surface area contributed by atoms with Crippen molar-refractivity contribution < 1.29 is 19.4 Å². The van der Waals surface area contributed by atoms with Gasteiger partial charge in [-0.3, -0.25) is 9.59 Å². The summed E-state index contributed by atoms with van der Waals surface area (Å²) in [6, 6.07) is 0.808. The molecule has 0 fully saturated rings. The molecule has 1 heterocycles. The molecule has 104 valence electrons. The molecule has 0 aliphatic carbocycles. The lowest BCUT2D eigenvalue weighted by Gasteiger charge is -2.12. The molecular weight excluding hydrogens is 250 g/mol. The first-order valence-electron chi connectivity index (χ1n) is 5.92. The highest BCUT2D eigenvalue weighted by Crippen LogP contribution is 1.97. The molecule has 2 N–H and O–H groups in total. The largest absolute Gasteiger partial charge is 0.480 e. The van der Waals surface area contributed by atoms with Crippen molar-refractivity contribution in [2.75, 3.05) is 13.7 Å². The average Bonchev–Trinajstić information content (AvgIpc) is 2.42. The van der Waals surface area contributed by atoms with Gasteiger partial charge in [0.25, 0.3) is 0 Å². The van der Waals surface area contributed by atoms with Crippen LogP contribution in [0.2, 0.25) is 0 Å². The number of nitrogens with zero attached hydrogens (tertiary/aromatic N) is 2. The predicted octanol–water partition coefficient (Wildman–Crippen LogP) is 0.0151. The van der Waals surface area contributed by atoms with E-state index in [1.165, 1.54) is 7.11 Å². The maximum absolute atomic E-state index is 11.0. The molecule has 7 nitrogen and oxygen atoms in total. The van der Waals surface area contributed by atoms with Crippen molar-refractivity contribution in [3.63, 3.8) is 0 Å². The molecule has 1 rings (SSSR count). The van der Waals surface area contributed by atoms with Gasteiger partial charge in [-0.1, -0.05) is 0 Å². The molecule has 0 aliphatic rings. The Labute approximate surface area is 111 Å². The maximum atomic E-state index is 11.0. The maximum Gasteiger partial charge on any atom is 0.321 e. The zero-order chi connectivity index (χ0) is 14.1. The molecule has 1 aromatic heterocycles. The van der Waals surface area contributed by atoms with Crippen molar-refractivity contribution in [2.24, 2.45) is 0 Å². The van der Waals surface area contributed by atoms with Crippen molar-refractivity contribution in [1.82, 2.24) is 15.3 Å². The molecule has 0 saturated carbocycles. The van der Waals surface area contributed by atoms with Gasteiger partial charge >= 0.3 is 11.9 Å². The number of carbonyl (C=O) groups is 2. The van der Waals surface area contributed by atoms with Gasteiger partial charge in [-0.05, 0) is 19.0 Å². The van der Waals surface area contributed by atoms with E-state index in [2.05, 4.69) is 20.0 Å². The molecule has 0 aromatic carbocycles. The number of carboxylic acid groups (broad SMARTS) is 1. The van der Waals surface area contributed by atoms with E-state index in [1.54, 1.807) is 18.5 Å². The fraction of sp³-hybridized carbons (Fsp3) is 0.500. The summed E-state index contributed by atoms with van der Waals surface area (Å²) in [5.41, 5.74) is 0. The van der Waals surface area contributed by atoms with Crippen LogP contribution in [-0.4, -0.2) is 46.7 Å². The molecule has 1 atom stereocenters. The van der Waals surface area contributed by atoms with Gasteiger partial charge in [0.15, 0.2) is 0 Å². The zero-order valence-corrected chi connectivity index (χ0v) is 10.7. The van der Waals surface area contributed by atoms with E-state index in [0.717, 1.165) is 0 Å². The number of methoxy groups -OCH3 is 1. The second-order valence-electron chi connectivity index (χ2n) is 3.89. The summed E-state index contributed by atoms with van der Waals surface area (Å²) in [6.45, 7) is 0.464. The fourth-order valence-electron chi connectivity index (χ4n) is 1.48. The van der Waals surface area contributed by atoms with Gasteiger partial charge in [0, 0.05) is 18.8 Å². The van der Waals surface area contributed by atoms with Crippen molar-refractivity contribution in [2.45, 2.75) is 25.3 Å². The Hall–Kier alpha value is -2.02. The van der Waals surface area contributed by atoms with Crippen LogP contribution in [0.15, 0.2) is 18.5 Å². The Bertz CT molecular complexity index is 411. The Morgan fingerprint density at radius 1 is 1.42 bits per heavy atom. The Morgan fingerprint density at radius 2 is 2.11 bits per heavy atom. The van der Waals surface area contributed by atoms with E-state index in [4.69, 9.17) is 5.11 Å². The van der Waals surface area contributed by atoms with E-state index >= 15 is 0 Å². The van der Waals surface area contributed by atoms with Crippen molar-refractivity contribution in [3.05, 3.63) is 24.3 Å². The molecule has 0 spiro atoms. The zero-order valence-electron chi connectivity index (χ0n) is 10.7. The topological polar surface area (TPSA) is 101 Å². The molecule has 0 radical (unpaired) electrons. The smallest absolute Gasteiger partial charge is 0.321 e. The SMILES string of the molecule is COC(=O)C[C@H](NCCCc1ncccn1)C(=O)O. The minimum absolute atomic E-state index is 0.187. The van der Waals surface area contributed by atoms with Gasteiger partial charge in [0.05, 0.1) is 13.5 Å². The van der Waals surface area contributed by atoms with Crippen LogP contribution in [0, 0.1) is 0 Å². The van der Waals surface area contributed by atoms with Crippen LogP contribution in [-0.2, 0) is 20.7 Å². The van der Waals surface area contributed by atoms with E-state index in [1.807, 2.05) is 0 Å². The van der Waals surface area contributed by atoms with Crippen molar-refractivity contribution >= 4 is 11.9 Å². The second kappa shape index (κ2) is 8.15. The van der Waals surface area contributed by atoms with Crippen LogP contribution in [0.3, 0.4) is 0 Å². The molecule has 0 aliphatic heterocycles. The van der Waals surface area contributed by atoms with E-state index < -0.39 is 18.0 Å². The third kappa shape index (κ3) is 5.91. The van der Waals surface area contributed by atoms with Crippen molar-refractivity contribution in [3.8, 4) is 0 Å². The third-order valence-corrected chi connectivity index (χ3v) is 2.48. The van der Waals surface area contributed by atoms with E-state index in [0.29, 0.717) is 25.2 Å². The number of aliphatic carboxylic acids is 1. The summed E-state index contributed by atoms with van der Waals surface area (Å²) in [4.78, 5) is 30.1. The minimum Gasteiger partial charge on any atom is -0.480 e. The highest BCUT2D eigenvalue weighted by Gasteiger charge is 2.20. The molecule has 0 bridgehead atoms. The quantitative estimate of drug-likeness (QED) is 0.505. The van der Waals surface area contributed by atoms with Gasteiger partial charge in [-0.2, -0.15) is 0 Å². The Balaban J connectivity index is 2.29. The monoisotopic (exact) mass is 267 g/mol. The van der Waals surface area contributed by atoms with Crippen LogP contribution in [0.25, 0.3) is 0 Å². The lowest BCUT2D eigenvalue weighted by Crippen LogP contribution is -2.39. The number of hydrogen-bond acceptors (Lipinski definition) is 6. The number of esters is 1. The molecule has 0 unspecified atom stereocenters. The van der Waals surface area contributed by atoms with Gasteiger partial charge in [-0.25, -0.2) is 9.97 Å². The lowest BCUT2D eigenvalue weighted by molar-refractivity contribution is -0.147. The Morgan fingerprint density at radius 3 is 2.68 bits per heavy atom. The normalized spacial score (nSPS) is 11.8. The Kier molecular flexibility index (Phi) is 6.45. The number of aromatic nitrogens is 2. The number of ether oxygens (including phenoxy) is 1. The number of nitrogens with one attached hydrogen (secondary N) is 1. The standard InChI is InChI=1S/C12H17N3O4/c1-19-11(16)8-9(12(17)18)13-5-2-4-10-14-6-3-7-15-10/h3,6-7,9,13H,2,4-5,8H2,1H3,(H,17,18)/t9-/m0/s1. The summed E-state index contributed by atoms with van der Waals surface area (Å²) >= 11 is 0. The highest BCUT2D eigenvalue weighted by molar-refractivity contribution is 5.81. The van der Waals surface area contributed by atoms with Crippen LogP contribution in [0.1, 0.15) is 18.7 Å². The molecule has 1 aromatic rings. The van der Waals surface area contributed by atoms with Gasteiger partial charge < -0.3 is 15.2 Å². The summed E-state index contributed by atoms with van der Waals surface area (Å²) in [5.74, 6) is -0.906. The van der Waals surface area contributed by atoms with Crippen LogP contribution < -0.4 is 5.32 Å². The lowest BCUT2D eigenvalue weighted by atomic mass is 10.2. The summed E-state index contributed by atoms with van der Waals surface area (Å²) in [7, 11) is 1.23. The summed E-state index contributed by atoms with van der Waals surface area (Å²) in [5, 5.41) is 11.7. The van der Waals surface area contributed by atoms with Gasteiger partial charge in [0.2, 0.25) is 0 Å². The molecule has 0 saturated heterocycles. The number of carboxylic acids is 1. The van der Waals surface area contributed by atoms with Gasteiger partial charge in [0.1, 0.15) is 11.9 Å². The summed E-state index contributed by atoms with van der Waals surface area (Å²) in [6.07, 6.45) is 4.47. The second-order valence-corrected chi connectivity index (χ2v) is 3.89. The average molecular weight is 267 g/mol. The first-order chi connectivity index (χ1) is 9.13. The predicted molar refractivity (Wildman–Crippen MR) is 66.4 cm³/mol. The van der Waals surface area contributed by atoms with Crippen LogP contribution >= 0.6 is 0 Å². The number of carbonyl (C=O) groups excluding carboxylic acids is 1. The third-order valence-electron chi connectivity index (χ3n) is 2.48. The first-order valence-corrected chi connectivity index (χ1v) is 5.92. The minimum atomic E-state index is -1.07. The van der Waals surface area contributed by atoms with E-state index in [-0.39, 0.29) is 6.42 Å². The van der Waals surface area contributed by atoms with E-state index in [9.17, 15) is 9.59 Å². The molecular formula is C12H17N3O4. The highest BCUT2D eigenvalue weighted by atomic mass is 16.5. The van der Waals surface area contributed by atoms with Crippen LogP contribution in [0.5, 0.6) is 0 Å². The van der Waals surface area contributed by atoms with Crippen molar-refractivity contribution in [1.29, 1.82) is 0 Å². The van der Waals surface area contributed by atoms with Gasteiger partial charge in [-0.15, -0.1) is 0 Å². The molecule has 19 heavy (non-hydrogen) atoms. The first kappa shape index (κ1) is 15.0. The number of hydrogen-bond donors (Lipinski definition) is 2. The summed E-state index contributed by atoms with van der Waals surface area (Å²) < 4.78 is 4.44.